The van der Waals surface area contributed by atoms with Crippen molar-refractivity contribution in [2.75, 3.05) is 12.4 Å². The lowest BCUT2D eigenvalue weighted by atomic mass is 10.1. The summed E-state index contributed by atoms with van der Waals surface area (Å²) in [5, 5.41) is 7.13. The minimum atomic E-state index is -4.45. The first-order chi connectivity index (χ1) is 13.7. The van der Waals surface area contributed by atoms with Crippen molar-refractivity contribution < 1.29 is 22.7 Å². The summed E-state index contributed by atoms with van der Waals surface area (Å²) in [4.78, 5) is 16.3. The minimum absolute atomic E-state index is 0.0737. The van der Waals surface area contributed by atoms with Gasteiger partial charge in [0.15, 0.2) is 5.82 Å². The second-order valence-corrected chi connectivity index (χ2v) is 6.42. The van der Waals surface area contributed by atoms with E-state index in [4.69, 9.17) is 4.74 Å². The van der Waals surface area contributed by atoms with Crippen LogP contribution in [0.5, 0.6) is 5.75 Å². The fraction of sp³-hybridized carbons (Fsp3) is 0.250. The number of aryl methyl sites for hydroxylation is 1. The van der Waals surface area contributed by atoms with E-state index < -0.39 is 11.7 Å². The normalized spacial score (nSPS) is 11.4. The van der Waals surface area contributed by atoms with E-state index in [0.717, 1.165) is 12.3 Å². The zero-order chi connectivity index (χ0) is 21.2. The van der Waals surface area contributed by atoms with Gasteiger partial charge >= 0.3 is 6.18 Å². The fourth-order valence-electron chi connectivity index (χ4n) is 2.87. The quantitative estimate of drug-likeness (QED) is 0.695. The highest BCUT2D eigenvalue weighted by Crippen LogP contribution is 2.29. The first-order valence-corrected chi connectivity index (χ1v) is 8.71. The summed E-state index contributed by atoms with van der Waals surface area (Å²) in [5.74, 6) is 0.696. The third-order valence-corrected chi connectivity index (χ3v) is 4.44. The molecule has 3 rings (SSSR count). The molecule has 0 bridgehead atoms. The molecule has 2 aromatic heterocycles. The number of rotatable bonds is 5. The Labute approximate surface area is 165 Å². The van der Waals surface area contributed by atoms with Gasteiger partial charge in [0.2, 0.25) is 5.91 Å². The number of halogens is 3. The number of hydrogen-bond donors (Lipinski definition) is 1. The molecule has 0 saturated carbocycles. The Kier molecular flexibility index (Phi) is 5.58. The Bertz CT molecular complexity index is 1010. The van der Waals surface area contributed by atoms with Gasteiger partial charge in [0.1, 0.15) is 5.75 Å². The molecule has 0 saturated heterocycles. The number of methoxy groups -OCH3 is 1. The third-order valence-electron chi connectivity index (χ3n) is 4.44. The van der Waals surface area contributed by atoms with Crippen LogP contribution in [-0.2, 0) is 17.4 Å². The summed E-state index contributed by atoms with van der Waals surface area (Å²) in [5.41, 5.74) is 1.73. The molecule has 0 atom stereocenters. The highest BCUT2D eigenvalue weighted by molar-refractivity contribution is 5.92. The van der Waals surface area contributed by atoms with E-state index in [0.29, 0.717) is 28.4 Å². The van der Waals surface area contributed by atoms with Gasteiger partial charge in [0.25, 0.3) is 0 Å². The molecule has 0 fully saturated rings. The topological polar surface area (TPSA) is 69.0 Å². The standard InChI is InChI=1S/C20H19F3N4O2/c1-12-17(10-19(28)25-15-5-7-16(29-3)8-6-15)13(2)27(26-12)18-9-4-14(11-24-18)20(21,22)23/h4-9,11H,10H2,1-3H3,(H,25,28). The summed E-state index contributed by atoms with van der Waals surface area (Å²) < 4.78 is 44.7. The van der Waals surface area contributed by atoms with Gasteiger partial charge in [-0.3, -0.25) is 4.79 Å². The molecule has 0 radical (unpaired) electrons. The zero-order valence-electron chi connectivity index (χ0n) is 16.0. The molecule has 152 valence electrons. The number of pyridine rings is 1. The molecular weight excluding hydrogens is 385 g/mol. The van der Waals surface area contributed by atoms with Crippen LogP contribution in [0.2, 0.25) is 0 Å². The van der Waals surface area contributed by atoms with Crippen LogP contribution in [-0.4, -0.2) is 27.8 Å². The lowest BCUT2D eigenvalue weighted by Gasteiger charge is -2.09. The number of carbonyl (C=O) groups excluding carboxylic acids is 1. The molecule has 0 aliphatic heterocycles. The minimum Gasteiger partial charge on any atom is -0.497 e. The monoisotopic (exact) mass is 404 g/mol. The Hall–Kier alpha value is -3.36. The summed E-state index contributed by atoms with van der Waals surface area (Å²) >= 11 is 0. The Morgan fingerprint density at radius 1 is 1.14 bits per heavy atom. The molecule has 29 heavy (non-hydrogen) atoms. The summed E-state index contributed by atoms with van der Waals surface area (Å²) in [6.07, 6.45) is -3.61. The number of carbonyl (C=O) groups is 1. The van der Waals surface area contributed by atoms with Gasteiger partial charge in [-0.15, -0.1) is 0 Å². The van der Waals surface area contributed by atoms with Crippen LogP contribution in [0, 0.1) is 13.8 Å². The number of anilines is 1. The third kappa shape index (κ3) is 4.56. The number of aromatic nitrogens is 3. The molecule has 6 nitrogen and oxygen atoms in total. The van der Waals surface area contributed by atoms with Crippen LogP contribution in [0.3, 0.4) is 0 Å². The first kappa shape index (κ1) is 20.4. The van der Waals surface area contributed by atoms with Crippen LogP contribution < -0.4 is 10.1 Å². The van der Waals surface area contributed by atoms with Crippen molar-refractivity contribution in [1.82, 2.24) is 14.8 Å². The number of ether oxygens (including phenoxy) is 1. The lowest BCUT2D eigenvalue weighted by molar-refractivity contribution is -0.137. The average molecular weight is 404 g/mol. The van der Waals surface area contributed by atoms with Gasteiger partial charge in [0.05, 0.1) is 24.8 Å². The van der Waals surface area contributed by atoms with E-state index in [1.807, 2.05) is 0 Å². The molecule has 0 aliphatic carbocycles. The molecule has 2 heterocycles. The van der Waals surface area contributed by atoms with Crippen molar-refractivity contribution in [2.24, 2.45) is 0 Å². The van der Waals surface area contributed by atoms with Crippen LogP contribution in [0.25, 0.3) is 5.82 Å². The van der Waals surface area contributed by atoms with Crippen LogP contribution in [0.1, 0.15) is 22.5 Å². The largest absolute Gasteiger partial charge is 0.497 e. The SMILES string of the molecule is COc1ccc(NC(=O)Cc2c(C)nn(-c3ccc(C(F)(F)F)cn3)c2C)cc1. The average Bonchev–Trinajstić information content (AvgIpc) is 2.96. The van der Waals surface area contributed by atoms with Gasteiger partial charge < -0.3 is 10.1 Å². The van der Waals surface area contributed by atoms with Crippen molar-refractivity contribution in [3.8, 4) is 11.6 Å². The number of nitrogens with zero attached hydrogens (tertiary/aromatic N) is 3. The van der Waals surface area contributed by atoms with Gasteiger partial charge in [0, 0.05) is 23.1 Å². The summed E-state index contributed by atoms with van der Waals surface area (Å²) in [6.45, 7) is 3.49. The van der Waals surface area contributed by atoms with Crippen molar-refractivity contribution >= 4 is 11.6 Å². The van der Waals surface area contributed by atoms with E-state index in [1.54, 1.807) is 45.2 Å². The number of hydrogen-bond acceptors (Lipinski definition) is 4. The van der Waals surface area contributed by atoms with Crippen LogP contribution >= 0.6 is 0 Å². The predicted molar refractivity (Wildman–Crippen MR) is 101 cm³/mol. The van der Waals surface area contributed by atoms with Crippen molar-refractivity contribution in [1.29, 1.82) is 0 Å². The maximum atomic E-state index is 12.7. The number of benzene rings is 1. The molecule has 0 aliphatic rings. The predicted octanol–water partition coefficient (Wildman–Crippen LogP) is 4.09. The molecule has 1 aromatic carbocycles. The second kappa shape index (κ2) is 7.94. The Balaban J connectivity index is 1.77. The number of amides is 1. The first-order valence-electron chi connectivity index (χ1n) is 8.71. The Morgan fingerprint density at radius 2 is 1.83 bits per heavy atom. The van der Waals surface area contributed by atoms with Crippen molar-refractivity contribution in [3.05, 3.63) is 65.1 Å². The van der Waals surface area contributed by atoms with Gasteiger partial charge in [-0.1, -0.05) is 0 Å². The summed E-state index contributed by atoms with van der Waals surface area (Å²) in [6, 6.07) is 9.14. The van der Waals surface area contributed by atoms with Crippen LogP contribution in [0.4, 0.5) is 18.9 Å². The second-order valence-electron chi connectivity index (χ2n) is 6.42. The summed E-state index contributed by atoms with van der Waals surface area (Å²) in [7, 11) is 1.56. The van der Waals surface area contributed by atoms with Crippen LogP contribution in [0.15, 0.2) is 42.6 Å². The zero-order valence-corrected chi connectivity index (χ0v) is 16.0. The molecular formula is C20H19F3N4O2. The molecule has 9 heteroatoms. The molecule has 1 amide bonds. The fourth-order valence-corrected chi connectivity index (χ4v) is 2.87. The van der Waals surface area contributed by atoms with E-state index in [2.05, 4.69) is 15.4 Å². The highest BCUT2D eigenvalue weighted by Gasteiger charge is 2.30. The van der Waals surface area contributed by atoms with E-state index in [1.165, 1.54) is 10.7 Å². The smallest absolute Gasteiger partial charge is 0.417 e. The van der Waals surface area contributed by atoms with Crippen molar-refractivity contribution in [2.45, 2.75) is 26.4 Å². The van der Waals surface area contributed by atoms with E-state index in [9.17, 15) is 18.0 Å². The maximum Gasteiger partial charge on any atom is 0.417 e. The van der Waals surface area contributed by atoms with Crippen molar-refractivity contribution in [3.63, 3.8) is 0 Å². The molecule has 0 spiro atoms. The van der Waals surface area contributed by atoms with Gasteiger partial charge in [-0.25, -0.2) is 9.67 Å². The number of alkyl halides is 3. The molecule has 3 aromatic rings. The highest BCUT2D eigenvalue weighted by atomic mass is 19.4. The maximum absolute atomic E-state index is 12.7. The van der Waals surface area contributed by atoms with E-state index in [-0.39, 0.29) is 18.1 Å². The van der Waals surface area contributed by atoms with Gasteiger partial charge in [-0.2, -0.15) is 18.3 Å². The Morgan fingerprint density at radius 3 is 2.38 bits per heavy atom. The molecule has 1 N–H and O–H groups in total. The van der Waals surface area contributed by atoms with E-state index >= 15 is 0 Å². The number of nitrogens with one attached hydrogen (secondary N) is 1. The lowest BCUT2D eigenvalue weighted by Crippen LogP contribution is -2.15. The molecule has 0 unspecified atom stereocenters. The van der Waals surface area contributed by atoms with Gasteiger partial charge in [-0.05, 0) is 50.2 Å².